The molecule has 1 aromatic rings. The average molecular weight is 297 g/mol. The third kappa shape index (κ3) is 3.09. The van der Waals surface area contributed by atoms with Crippen LogP contribution < -0.4 is 4.90 Å². The van der Waals surface area contributed by atoms with Gasteiger partial charge in [0.25, 0.3) is 0 Å². The number of likely N-dealkylation sites (N-methyl/N-ethyl adjacent to an activating group) is 1. The molecule has 0 bridgehead atoms. The Morgan fingerprint density at radius 3 is 3.00 bits per heavy atom. The van der Waals surface area contributed by atoms with Gasteiger partial charge < -0.3 is 14.9 Å². The average Bonchev–Trinajstić information content (AvgIpc) is 3.07. The molecule has 0 spiro atoms. The van der Waals surface area contributed by atoms with Gasteiger partial charge in [-0.3, -0.25) is 9.59 Å². The third-order valence-corrected chi connectivity index (χ3v) is 4.36. The first-order valence-electron chi connectivity index (χ1n) is 6.64. The third-order valence-electron chi connectivity index (χ3n) is 3.55. The van der Waals surface area contributed by atoms with Crippen molar-refractivity contribution in [3.05, 3.63) is 11.6 Å². The number of hydrogen-bond donors (Lipinski definition) is 1. The predicted molar refractivity (Wildman–Crippen MR) is 76.9 cm³/mol. The summed E-state index contributed by atoms with van der Waals surface area (Å²) in [4.78, 5) is 31.2. The molecule has 1 aliphatic rings. The summed E-state index contributed by atoms with van der Waals surface area (Å²) in [5.41, 5.74) is 0. The van der Waals surface area contributed by atoms with E-state index in [1.54, 1.807) is 20.2 Å². The lowest BCUT2D eigenvalue weighted by Gasteiger charge is -2.28. The second-order valence-corrected chi connectivity index (χ2v) is 6.00. The Morgan fingerprint density at radius 2 is 2.40 bits per heavy atom. The zero-order chi connectivity index (χ0) is 14.7. The maximum Gasteiger partial charge on any atom is 0.308 e. The lowest BCUT2D eigenvalue weighted by Crippen LogP contribution is -2.46. The van der Waals surface area contributed by atoms with Crippen molar-refractivity contribution in [1.82, 2.24) is 9.88 Å². The molecule has 20 heavy (non-hydrogen) atoms. The van der Waals surface area contributed by atoms with E-state index in [0.717, 1.165) is 24.5 Å². The van der Waals surface area contributed by atoms with E-state index in [1.807, 2.05) is 10.3 Å². The summed E-state index contributed by atoms with van der Waals surface area (Å²) >= 11 is 1.52. The second kappa shape index (κ2) is 6.21. The number of aromatic nitrogens is 1. The zero-order valence-electron chi connectivity index (χ0n) is 11.7. The number of amides is 1. The predicted octanol–water partition coefficient (Wildman–Crippen LogP) is 1.29. The van der Waals surface area contributed by atoms with Crippen LogP contribution in [0.1, 0.15) is 19.8 Å². The highest BCUT2D eigenvalue weighted by Crippen LogP contribution is 2.28. The second-order valence-electron chi connectivity index (χ2n) is 5.12. The Balaban J connectivity index is 2.02. The van der Waals surface area contributed by atoms with Crippen LogP contribution in [-0.4, -0.2) is 53.0 Å². The van der Waals surface area contributed by atoms with Crippen LogP contribution >= 0.6 is 11.3 Å². The smallest absolute Gasteiger partial charge is 0.308 e. The van der Waals surface area contributed by atoms with Crippen molar-refractivity contribution in [3.8, 4) is 0 Å². The molecule has 6 nitrogen and oxygen atoms in total. The minimum atomic E-state index is -0.882. The van der Waals surface area contributed by atoms with Crippen LogP contribution in [-0.2, 0) is 9.59 Å². The van der Waals surface area contributed by atoms with Crippen LogP contribution in [0, 0.1) is 5.92 Å². The highest BCUT2D eigenvalue weighted by molar-refractivity contribution is 7.13. The van der Waals surface area contributed by atoms with Crippen LogP contribution in [0.3, 0.4) is 0 Å². The fourth-order valence-corrected chi connectivity index (χ4v) is 3.16. The Hall–Kier alpha value is -1.63. The fraction of sp³-hybridized carbons (Fsp3) is 0.615. The van der Waals surface area contributed by atoms with Gasteiger partial charge in [-0.15, -0.1) is 11.3 Å². The van der Waals surface area contributed by atoms with Crippen molar-refractivity contribution in [2.75, 3.05) is 25.0 Å². The summed E-state index contributed by atoms with van der Waals surface area (Å²) in [5, 5.41) is 11.7. The molecule has 2 unspecified atom stereocenters. The molecule has 1 fully saturated rings. The molecule has 0 saturated carbocycles. The van der Waals surface area contributed by atoms with E-state index in [4.69, 9.17) is 5.11 Å². The van der Waals surface area contributed by atoms with Gasteiger partial charge in [-0.05, 0) is 12.8 Å². The molecule has 1 amide bonds. The van der Waals surface area contributed by atoms with Gasteiger partial charge in [0.2, 0.25) is 5.91 Å². The Labute approximate surface area is 122 Å². The molecule has 0 aromatic carbocycles. The lowest BCUT2D eigenvalue weighted by molar-refractivity contribution is -0.142. The van der Waals surface area contributed by atoms with Crippen LogP contribution in [0.5, 0.6) is 0 Å². The quantitative estimate of drug-likeness (QED) is 0.886. The normalized spacial score (nSPS) is 19.9. The van der Waals surface area contributed by atoms with Gasteiger partial charge in [0.05, 0.1) is 5.92 Å². The van der Waals surface area contributed by atoms with E-state index in [9.17, 15) is 9.59 Å². The summed E-state index contributed by atoms with van der Waals surface area (Å²) in [6, 6.07) is -0.216. The largest absolute Gasteiger partial charge is 0.481 e. The summed E-state index contributed by atoms with van der Waals surface area (Å²) in [6.45, 7) is 2.67. The van der Waals surface area contributed by atoms with Gasteiger partial charge in [-0.1, -0.05) is 6.92 Å². The number of thiazole rings is 1. The van der Waals surface area contributed by atoms with E-state index in [2.05, 4.69) is 4.98 Å². The van der Waals surface area contributed by atoms with Gasteiger partial charge >= 0.3 is 5.97 Å². The molecule has 2 rings (SSSR count). The summed E-state index contributed by atoms with van der Waals surface area (Å²) in [6.07, 6.45) is 3.48. The molecule has 110 valence electrons. The molecule has 1 aliphatic heterocycles. The van der Waals surface area contributed by atoms with Gasteiger partial charge in [-0.2, -0.15) is 0 Å². The van der Waals surface area contributed by atoms with Crippen LogP contribution in [0.25, 0.3) is 0 Å². The van der Waals surface area contributed by atoms with Crippen molar-refractivity contribution in [2.24, 2.45) is 5.92 Å². The lowest BCUT2D eigenvalue weighted by atomic mass is 10.1. The van der Waals surface area contributed by atoms with Crippen molar-refractivity contribution in [3.63, 3.8) is 0 Å². The molecule has 1 aromatic heterocycles. The number of carboxylic acid groups (broad SMARTS) is 1. The number of rotatable bonds is 5. The molecule has 2 heterocycles. The number of carboxylic acids is 1. The topological polar surface area (TPSA) is 73.7 Å². The van der Waals surface area contributed by atoms with E-state index < -0.39 is 11.9 Å². The number of nitrogens with zero attached hydrogens (tertiary/aromatic N) is 3. The first-order valence-corrected chi connectivity index (χ1v) is 7.52. The summed E-state index contributed by atoms with van der Waals surface area (Å²) < 4.78 is 0. The maximum atomic E-state index is 12.5. The summed E-state index contributed by atoms with van der Waals surface area (Å²) in [5.74, 6) is -1.46. The maximum absolute atomic E-state index is 12.5. The fourth-order valence-electron chi connectivity index (χ4n) is 2.44. The number of aliphatic carboxylic acids is 1. The highest BCUT2D eigenvalue weighted by atomic mass is 32.1. The Bertz CT molecular complexity index is 477. The first-order chi connectivity index (χ1) is 9.50. The number of carbonyl (C=O) groups is 2. The monoisotopic (exact) mass is 297 g/mol. The number of hydrogen-bond acceptors (Lipinski definition) is 5. The van der Waals surface area contributed by atoms with Gasteiger partial charge in [0.15, 0.2) is 5.13 Å². The molecule has 1 N–H and O–H groups in total. The zero-order valence-corrected chi connectivity index (χ0v) is 12.5. The number of carbonyl (C=O) groups excluding carboxylic acids is 1. The van der Waals surface area contributed by atoms with Gasteiger partial charge in [0, 0.05) is 31.7 Å². The van der Waals surface area contributed by atoms with Crippen molar-refractivity contribution < 1.29 is 14.7 Å². The molecule has 0 radical (unpaired) electrons. The van der Waals surface area contributed by atoms with Gasteiger partial charge in [-0.25, -0.2) is 4.98 Å². The Morgan fingerprint density at radius 1 is 1.65 bits per heavy atom. The molecule has 7 heteroatoms. The molecular formula is C13H19N3O3S. The van der Waals surface area contributed by atoms with Crippen LogP contribution in [0.4, 0.5) is 5.13 Å². The van der Waals surface area contributed by atoms with E-state index in [-0.39, 0.29) is 18.5 Å². The minimum absolute atomic E-state index is 0.0224. The van der Waals surface area contributed by atoms with Gasteiger partial charge in [0.1, 0.15) is 6.04 Å². The van der Waals surface area contributed by atoms with E-state index >= 15 is 0 Å². The van der Waals surface area contributed by atoms with Crippen LogP contribution in [0.15, 0.2) is 11.6 Å². The molecule has 2 atom stereocenters. The van der Waals surface area contributed by atoms with Crippen molar-refractivity contribution in [1.29, 1.82) is 0 Å². The summed E-state index contributed by atoms with van der Waals surface area (Å²) in [7, 11) is 1.67. The van der Waals surface area contributed by atoms with Crippen molar-refractivity contribution >= 4 is 28.3 Å². The first kappa shape index (κ1) is 14.8. The van der Waals surface area contributed by atoms with E-state index in [1.165, 1.54) is 16.2 Å². The minimum Gasteiger partial charge on any atom is -0.481 e. The SMILES string of the molecule is CC(CN(C)C(=O)C1CCCN1c1nccs1)C(=O)O. The van der Waals surface area contributed by atoms with Crippen LogP contribution in [0.2, 0.25) is 0 Å². The Kier molecular flexibility index (Phi) is 4.59. The van der Waals surface area contributed by atoms with E-state index in [0.29, 0.717) is 0 Å². The molecule has 0 aliphatic carbocycles. The standard InChI is InChI=1S/C13H19N3O3S/c1-9(12(18)19)8-15(2)11(17)10-4-3-6-16(10)13-14-5-7-20-13/h5,7,9-10H,3-4,6,8H2,1-2H3,(H,18,19). The molecule has 1 saturated heterocycles. The number of anilines is 1. The molecular weight excluding hydrogens is 278 g/mol. The highest BCUT2D eigenvalue weighted by Gasteiger charge is 2.34. The van der Waals surface area contributed by atoms with Crippen molar-refractivity contribution in [2.45, 2.75) is 25.8 Å².